The number of aromatic nitrogens is 2. The van der Waals surface area contributed by atoms with E-state index in [0.29, 0.717) is 39.1 Å². The van der Waals surface area contributed by atoms with Gasteiger partial charge in [0.15, 0.2) is 11.6 Å². The Bertz CT molecular complexity index is 889. The van der Waals surface area contributed by atoms with Crippen LogP contribution >= 0.6 is 0 Å². The molecule has 2 heterocycles. The van der Waals surface area contributed by atoms with E-state index in [1.54, 1.807) is 0 Å². The van der Waals surface area contributed by atoms with E-state index < -0.39 is 11.6 Å². The fraction of sp³-hybridized carbons (Fsp3) is 0.692. The average Bonchev–Trinajstić information content (AvgIpc) is 3.30. The summed E-state index contributed by atoms with van der Waals surface area (Å²) in [5.74, 6) is -2.42. The molecule has 0 spiro atoms. The molecule has 0 amide bonds. The molecule has 33 heavy (non-hydrogen) atoms. The predicted molar refractivity (Wildman–Crippen MR) is 128 cm³/mol. The number of aromatic amines is 2. The van der Waals surface area contributed by atoms with Gasteiger partial charge < -0.3 is 35.0 Å². The van der Waals surface area contributed by atoms with Crippen molar-refractivity contribution >= 4 is 0 Å². The van der Waals surface area contributed by atoms with E-state index in [1.807, 2.05) is 0 Å². The van der Waals surface area contributed by atoms with Gasteiger partial charge in [0.25, 0.3) is 0 Å². The molecule has 2 unspecified atom stereocenters. The van der Waals surface area contributed by atoms with Crippen molar-refractivity contribution in [2.45, 2.75) is 90.6 Å². The lowest BCUT2D eigenvalue weighted by atomic mass is 9.88. The summed E-state index contributed by atoms with van der Waals surface area (Å²) < 4.78 is 12.1. The van der Waals surface area contributed by atoms with Crippen molar-refractivity contribution < 1.29 is 19.7 Å². The van der Waals surface area contributed by atoms with Crippen molar-refractivity contribution in [2.75, 3.05) is 26.3 Å². The number of rotatable bonds is 10. The van der Waals surface area contributed by atoms with E-state index in [9.17, 15) is 10.2 Å². The third-order valence-electron chi connectivity index (χ3n) is 7.40. The van der Waals surface area contributed by atoms with E-state index in [-0.39, 0.29) is 0 Å². The highest BCUT2D eigenvalue weighted by Crippen LogP contribution is 2.41. The molecule has 2 atom stereocenters. The molecule has 5 N–H and O–H groups in total. The van der Waals surface area contributed by atoms with Gasteiger partial charge in [-0.05, 0) is 63.5 Å². The van der Waals surface area contributed by atoms with Crippen LogP contribution in [-0.2, 0) is 46.7 Å². The minimum Gasteiger partial charge on any atom is -0.362 e. The molecule has 0 aromatic carbocycles. The molecule has 0 saturated heterocycles. The molecule has 184 valence electrons. The van der Waals surface area contributed by atoms with Gasteiger partial charge >= 0.3 is 0 Å². The lowest BCUT2D eigenvalue weighted by Crippen LogP contribution is -2.38. The van der Waals surface area contributed by atoms with Gasteiger partial charge in [-0.1, -0.05) is 13.8 Å². The Balaban J connectivity index is 1.26. The maximum Gasteiger partial charge on any atom is 0.194 e. The normalized spacial score (nSPS) is 24.7. The van der Waals surface area contributed by atoms with E-state index in [1.165, 1.54) is 11.1 Å². The van der Waals surface area contributed by atoms with Crippen LogP contribution in [0.15, 0.2) is 0 Å². The van der Waals surface area contributed by atoms with Gasteiger partial charge in [-0.15, -0.1) is 0 Å². The molecule has 0 aliphatic heterocycles. The number of nitrogens with one attached hydrogen (secondary N) is 3. The van der Waals surface area contributed by atoms with Gasteiger partial charge in [0.2, 0.25) is 0 Å². The third kappa shape index (κ3) is 4.66. The SMILES string of the molecule is CCc1c(C)[nH]c2c1C(O)(OCCNCCOC1(O)CCCc3[nH]c(C)c(CC)c31)CCC2. The lowest BCUT2D eigenvalue weighted by molar-refractivity contribution is -0.223. The van der Waals surface area contributed by atoms with Crippen LogP contribution in [0, 0.1) is 13.8 Å². The molecule has 2 aliphatic carbocycles. The summed E-state index contributed by atoms with van der Waals surface area (Å²) in [6.07, 6.45) is 6.75. The van der Waals surface area contributed by atoms with Crippen LogP contribution in [0.2, 0.25) is 0 Å². The summed E-state index contributed by atoms with van der Waals surface area (Å²) in [5.41, 5.74) is 8.78. The second kappa shape index (κ2) is 9.92. The van der Waals surface area contributed by atoms with Crippen LogP contribution in [0.25, 0.3) is 0 Å². The summed E-state index contributed by atoms with van der Waals surface area (Å²) in [6.45, 7) is 10.4. The first-order valence-corrected chi connectivity index (χ1v) is 12.7. The summed E-state index contributed by atoms with van der Waals surface area (Å²) in [4.78, 5) is 6.89. The van der Waals surface area contributed by atoms with E-state index in [4.69, 9.17) is 9.47 Å². The second-order valence-corrected chi connectivity index (χ2v) is 9.59. The van der Waals surface area contributed by atoms with Gasteiger partial charge in [-0.3, -0.25) is 0 Å². The molecule has 2 aromatic heterocycles. The van der Waals surface area contributed by atoms with Crippen LogP contribution in [0.1, 0.15) is 84.6 Å². The van der Waals surface area contributed by atoms with E-state index in [2.05, 4.69) is 43.0 Å². The number of hydrogen-bond donors (Lipinski definition) is 5. The first kappa shape index (κ1) is 24.5. The van der Waals surface area contributed by atoms with Crippen LogP contribution < -0.4 is 5.32 Å². The maximum atomic E-state index is 11.3. The lowest BCUT2D eigenvalue weighted by Gasteiger charge is -2.34. The molecular weight excluding hydrogens is 418 g/mol. The van der Waals surface area contributed by atoms with Crippen molar-refractivity contribution in [1.82, 2.24) is 15.3 Å². The number of hydrogen-bond acceptors (Lipinski definition) is 5. The zero-order valence-electron chi connectivity index (χ0n) is 20.7. The molecule has 2 aliphatic rings. The fourth-order valence-electron chi connectivity index (χ4n) is 5.93. The van der Waals surface area contributed by atoms with E-state index in [0.717, 1.165) is 72.4 Å². The van der Waals surface area contributed by atoms with Gasteiger partial charge in [-0.2, -0.15) is 0 Å². The topological polar surface area (TPSA) is 103 Å². The predicted octanol–water partition coefficient (Wildman–Crippen LogP) is 3.37. The molecule has 7 nitrogen and oxygen atoms in total. The Kier molecular flexibility index (Phi) is 7.36. The zero-order chi connectivity index (χ0) is 23.6. The van der Waals surface area contributed by atoms with Crippen LogP contribution in [-0.4, -0.2) is 46.5 Å². The summed E-state index contributed by atoms with van der Waals surface area (Å²) >= 11 is 0. The molecule has 0 bridgehead atoms. The molecule has 4 rings (SSSR count). The Morgan fingerprint density at radius 3 is 1.61 bits per heavy atom. The Hall–Kier alpha value is -1.64. The van der Waals surface area contributed by atoms with Crippen molar-refractivity contribution in [3.63, 3.8) is 0 Å². The first-order chi connectivity index (χ1) is 15.8. The summed E-state index contributed by atoms with van der Waals surface area (Å²) in [6, 6.07) is 0. The molecule has 0 fully saturated rings. The Morgan fingerprint density at radius 2 is 1.21 bits per heavy atom. The number of ether oxygens (including phenoxy) is 2. The quantitative estimate of drug-likeness (QED) is 0.277. The molecule has 2 aromatic rings. The Morgan fingerprint density at radius 1 is 0.788 bits per heavy atom. The van der Waals surface area contributed by atoms with Crippen molar-refractivity contribution in [2.24, 2.45) is 0 Å². The molecule has 0 radical (unpaired) electrons. The smallest absolute Gasteiger partial charge is 0.194 e. The van der Waals surface area contributed by atoms with Crippen molar-refractivity contribution in [3.05, 3.63) is 45.0 Å². The van der Waals surface area contributed by atoms with Gasteiger partial charge in [0.05, 0.1) is 13.2 Å². The molecular formula is C26H41N3O4. The monoisotopic (exact) mass is 459 g/mol. The van der Waals surface area contributed by atoms with E-state index >= 15 is 0 Å². The number of fused-ring (bicyclic) bond motifs is 2. The van der Waals surface area contributed by atoms with Crippen molar-refractivity contribution in [3.8, 4) is 0 Å². The number of H-pyrrole nitrogens is 2. The third-order valence-corrected chi connectivity index (χ3v) is 7.40. The average molecular weight is 460 g/mol. The first-order valence-electron chi connectivity index (χ1n) is 12.7. The second-order valence-electron chi connectivity index (χ2n) is 9.59. The van der Waals surface area contributed by atoms with Gasteiger partial charge in [0.1, 0.15) is 0 Å². The fourth-order valence-corrected chi connectivity index (χ4v) is 5.93. The largest absolute Gasteiger partial charge is 0.362 e. The highest BCUT2D eigenvalue weighted by molar-refractivity contribution is 5.42. The summed E-state index contributed by atoms with van der Waals surface area (Å²) in [7, 11) is 0. The molecule has 0 saturated carbocycles. The van der Waals surface area contributed by atoms with Gasteiger partial charge in [0, 0.05) is 59.8 Å². The minimum atomic E-state index is -1.21. The van der Waals surface area contributed by atoms with Crippen molar-refractivity contribution in [1.29, 1.82) is 0 Å². The number of aliphatic hydroxyl groups is 2. The highest BCUT2D eigenvalue weighted by Gasteiger charge is 2.40. The highest BCUT2D eigenvalue weighted by atomic mass is 16.6. The molecule has 7 heteroatoms. The maximum absolute atomic E-state index is 11.3. The zero-order valence-corrected chi connectivity index (χ0v) is 20.7. The van der Waals surface area contributed by atoms with Crippen LogP contribution in [0.4, 0.5) is 0 Å². The number of aryl methyl sites for hydroxylation is 4. The van der Waals surface area contributed by atoms with Crippen LogP contribution in [0.5, 0.6) is 0 Å². The summed E-state index contributed by atoms with van der Waals surface area (Å²) in [5, 5.41) is 25.9. The van der Waals surface area contributed by atoms with Gasteiger partial charge in [-0.25, -0.2) is 0 Å². The van der Waals surface area contributed by atoms with Crippen LogP contribution in [0.3, 0.4) is 0 Å². The standard InChI is InChI=1S/C26H41N3O4/c1-5-19-17(3)28-21-9-7-11-25(30,23(19)21)32-15-13-27-14-16-33-26(31)12-8-10-22-24(26)20(6-2)18(4)29-22/h27-31H,5-16H2,1-4H3. The Labute approximate surface area is 197 Å². The minimum absolute atomic E-state index is 0.411.